The van der Waals surface area contributed by atoms with Crippen molar-refractivity contribution in [2.24, 2.45) is 5.92 Å². The van der Waals surface area contributed by atoms with Crippen LogP contribution in [0.25, 0.3) is 0 Å². The molecule has 0 aromatic heterocycles. The molecule has 0 bridgehead atoms. The summed E-state index contributed by atoms with van der Waals surface area (Å²) in [6, 6.07) is 12.4. The molecule has 0 saturated carbocycles. The van der Waals surface area contributed by atoms with Gasteiger partial charge >= 0.3 is 5.97 Å². The summed E-state index contributed by atoms with van der Waals surface area (Å²) >= 11 is 0. The van der Waals surface area contributed by atoms with Crippen LogP contribution in [0.3, 0.4) is 0 Å². The summed E-state index contributed by atoms with van der Waals surface area (Å²) < 4.78 is 37.6. The van der Waals surface area contributed by atoms with Crippen LogP contribution in [-0.4, -0.2) is 38.9 Å². The summed E-state index contributed by atoms with van der Waals surface area (Å²) in [5, 5.41) is 0. The van der Waals surface area contributed by atoms with Gasteiger partial charge in [-0.15, -0.1) is 0 Å². The zero-order valence-electron chi connectivity index (χ0n) is 17.1. The number of carbonyl (C=O) groups excluding carboxylic acids is 1. The van der Waals surface area contributed by atoms with Crippen molar-refractivity contribution >= 4 is 16.0 Å². The summed E-state index contributed by atoms with van der Waals surface area (Å²) in [7, 11) is -2.04. The van der Waals surface area contributed by atoms with Crippen LogP contribution < -0.4 is 4.74 Å². The lowest BCUT2D eigenvalue weighted by Crippen LogP contribution is -2.40. The average molecular weight is 418 g/mol. The highest BCUT2D eigenvalue weighted by Crippen LogP contribution is 2.26. The standard InChI is InChI=1S/C22H27NO5S/c1-16-12-17(2)14-18(13-16)15-28-22(24)19-8-10-23(11-9-19)29(25,26)21-6-4-20(27-3)5-7-21/h4-7,12-14,19H,8-11,15H2,1-3H3. The second kappa shape index (κ2) is 8.97. The quantitative estimate of drug-likeness (QED) is 0.673. The number of nitrogens with zero attached hydrogens (tertiary/aromatic N) is 1. The van der Waals surface area contributed by atoms with Gasteiger partial charge in [0.05, 0.1) is 17.9 Å². The molecule has 1 fully saturated rings. The van der Waals surface area contributed by atoms with Crippen LogP contribution in [0.15, 0.2) is 47.4 Å². The van der Waals surface area contributed by atoms with E-state index in [0.717, 1.165) is 16.7 Å². The largest absolute Gasteiger partial charge is 0.497 e. The van der Waals surface area contributed by atoms with Crippen LogP contribution in [0.5, 0.6) is 5.75 Å². The van der Waals surface area contributed by atoms with Crippen molar-refractivity contribution < 1.29 is 22.7 Å². The van der Waals surface area contributed by atoms with Gasteiger partial charge in [0.15, 0.2) is 0 Å². The fourth-order valence-electron chi connectivity index (χ4n) is 3.65. The Bertz CT molecular complexity index is 941. The molecule has 2 aromatic rings. The minimum atomic E-state index is -3.58. The molecule has 1 aliphatic rings. The third kappa shape index (κ3) is 5.16. The Labute approximate surface area is 172 Å². The second-order valence-electron chi connectivity index (χ2n) is 7.46. The number of rotatable bonds is 6. The van der Waals surface area contributed by atoms with E-state index in [2.05, 4.69) is 6.07 Å². The minimum Gasteiger partial charge on any atom is -0.497 e. The highest BCUT2D eigenvalue weighted by atomic mass is 32.2. The lowest BCUT2D eigenvalue weighted by atomic mass is 9.98. The molecule has 1 heterocycles. The Hall–Kier alpha value is -2.38. The van der Waals surface area contributed by atoms with Crippen LogP contribution in [0, 0.1) is 19.8 Å². The maximum absolute atomic E-state index is 12.8. The first-order valence-electron chi connectivity index (χ1n) is 9.67. The maximum atomic E-state index is 12.8. The second-order valence-corrected chi connectivity index (χ2v) is 9.40. The maximum Gasteiger partial charge on any atom is 0.309 e. The van der Waals surface area contributed by atoms with Gasteiger partial charge in [-0.1, -0.05) is 29.3 Å². The van der Waals surface area contributed by atoms with Crippen LogP contribution >= 0.6 is 0 Å². The van der Waals surface area contributed by atoms with E-state index in [1.807, 2.05) is 26.0 Å². The number of methoxy groups -OCH3 is 1. The number of esters is 1. The highest BCUT2D eigenvalue weighted by Gasteiger charge is 2.32. The first-order chi connectivity index (χ1) is 13.8. The fourth-order valence-corrected chi connectivity index (χ4v) is 5.12. The van der Waals surface area contributed by atoms with Gasteiger partial charge < -0.3 is 9.47 Å². The third-order valence-electron chi connectivity index (χ3n) is 5.15. The van der Waals surface area contributed by atoms with E-state index in [0.29, 0.717) is 31.7 Å². The van der Waals surface area contributed by atoms with Crippen LogP contribution in [-0.2, 0) is 26.2 Å². The molecule has 0 radical (unpaired) electrons. The topological polar surface area (TPSA) is 72.9 Å². The zero-order valence-corrected chi connectivity index (χ0v) is 17.9. The molecule has 0 aliphatic carbocycles. The Kier molecular flexibility index (Phi) is 6.59. The number of aryl methyl sites for hydroxylation is 2. The van der Waals surface area contributed by atoms with Gasteiger partial charge in [-0.25, -0.2) is 8.42 Å². The minimum absolute atomic E-state index is 0.231. The van der Waals surface area contributed by atoms with Crippen molar-refractivity contribution in [1.29, 1.82) is 0 Å². The number of sulfonamides is 1. The summed E-state index contributed by atoms with van der Waals surface area (Å²) in [6.07, 6.45) is 0.919. The predicted molar refractivity (Wildman–Crippen MR) is 110 cm³/mol. The third-order valence-corrected chi connectivity index (χ3v) is 7.06. The Morgan fingerprint density at radius 3 is 2.17 bits per heavy atom. The van der Waals surface area contributed by atoms with Crippen molar-refractivity contribution in [3.63, 3.8) is 0 Å². The molecule has 6 nitrogen and oxygen atoms in total. The van der Waals surface area contributed by atoms with Gasteiger partial charge in [0, 0.05) is 13.1 Å². The molecule has 3 rings (SSSR count). The zero-order chi connectivity index (χ0) is 21.0. The van der Waals surface area contributed by atoms with E-state index in [1.54, 1.807) is 24.3 Å². The summed E-state index contributed by atoms with van der Waals surface area (Å²) in [5.41, 5.74) is 3.23. The van der Waals surface area contributed by atoms with Gasteiger partial charge in [-0.2, -0.15) is 4.31 Å². The number of hydrogen-bond acceptors (Lipinski definition) is 5. The van der Waals surface area contributed by atoms with Crippen molar-refractivity contribution in [2.75, 3.05) is 20.2 Å². The lowest BCUT2D eigenvalue weighted by molar-refractivity contribution is -0.151. The molecule has 0 N–H and O–H groups in total. The van der Waals surface area contributed by atoms with Crippen molar-refractivity contribution in [3.05, 3.63) is 59.2 Å². The van der Waals surface area contributed by atoms with E-state index in [1.165, 1.54) is 11.4 Å². The molecule has 1 aliphatic heterocycles. The van der Waals surface area contributed by atoms with Gasteiger partial charge in [0.2, 0.25) is 10.0 Å². The van der Waals surface area contributed by atoms with Crippen molar-refractivity contribution in [3.8, 4) is 5.75 Å². The normalized spacial score (nSPS) is 15.8. The Balaban J connectivity index is 1.55. The number of ether oxygens (including phenoxy) is 2. The summed E-state index contributed by atoms with van der Waals surface area (Å²) in [5.74, 6) is 0.0723. The molecule has 7 heteroatoms. The molecule has 0 spiro atoms. The molecular formula is C22H27NO5S. The summed E-state index contributed by atoms with van der Waals surface area (Å²) in [4.78, 5) is 12.7. The van der Waals surface area contributed by atoms with Crippen molar-refractivity contribution in [2.45, 2.75) is 38.2 Å². The van der Waals surface area contributed by atoms with E-state index in [-0.39, 0.29) is 23.4 Å². The Morgan fingerprint density at radius 2 is 1.62 bits per heavy atom. The predicted octanol–water partition coefficient (Wildman–Crippen LogP) is 3.46. The molecule has 0 amide bonds. The van der Waals surface area contributed by atoms with Gasteiger partial charge in [-0.05, 0) is 56.5 Å². The smallest absolute Gasteiger partial charge is 0.309 e. The molecule has 0 atom stereocenters. The molecule has 1 saturated heterocycles. The lowest BCUT2D eigenvalue weighted by Gasteiger charge is -2.30. The van der Waals surface area contributed by atoms with Crippen molar-refractivity contribution in [1.82, 2.24) is 4.31 Å². The number of hydrogen-bond donors (Lipinski definition) is 0. The van der Waals surface area contributed by atoms with E-state index in [9.17, 15) is 13.2 Å². The van der Waals surface area contributed by atoms with Gasteiger partial charge in [0.1, 0.15) is 12.4 Å². The van der Waals surface area contributed by atoms with Gasteiger partial charge in [0.25, 0.3) is 0 Å². The number of piperidine rings is 1. The average Bonchev–Trinajstić information content (AvgIpc) is 2.71. The monoisotopic (exact) mass is 417 g/mol. The molecule has 2 aromatic carbocycles. The molecule has 156 valence electrons. The summed E-state index contributed by atoms with van der Waals surface area (Å²) in [6.45, 7) is 4.87. The fraction of sp³-hybridized carbons (Fsp3) is 0.409. The van der Waals surface area contributed by atoms with Crippen LogP contribution in [0.2, 0.25) is 0 Å². The van der Waals surface area contributed by atoms with E-state index < -0.39 is 10.0 Å². The molecule has 29 heavy (non-hydrogen) atoms. The first kappa shape index (κ1) is 21.3. The Morgan fingerprint density at radius 1 is 1.03 bits per heavy atom. The highest BCUT2D eigenvalue weighted by molar-refractivity contribution is 7.89. The van der Waals surface area contributed by atoms with Crippen LogP contribution in [0.1, 0.15) is 29.5 Å². The van der Waals surface area contributed by atoms with Gasteiger partial charge in [-0.3, -0.25) is 4.79 Å². The van der Waals surface area contributed by atoms with Crippen LogP contribution in [0.4, 0.5) is 0 Å². The van der Waals surface area contributed by atoms with E-state index in [4.69, 9.17) is 9.47 Å². The van der Waals surface area contributed by atoms with E-state index >= 15 is 0 Å². The SMILES string of the molecule is COc1ccc(S(=O)(=O)N2CCC(C(=O)OCc3cc(C)cc(C)c3)CC2)cc1. The number of benzene rings is 2. The first-order valence-corrected chi connectivity index (χ1v) is 11.1. The molecular weight excluding hydrogens is 390 g/mol. The number of carbonyl (C=O) groups is 1. The molecule has 0 unspecified atom stereocenters.